The Bertz CT molecular complexity index is 631. The summed E-state index contributed by atoms with van der Waals surface area (Å²) in [6.07, 6.45) is 0.211. The number of amides is 1. The molecule has 0 aromatic heterocycles. The molecule has 0 saturated carbocycles. The number of piperidine rings is 1. The number of rotatable bonds is 5. The first kappa shape index (κ1) is 19.1. The quantitative estimate of drug-likeness (QED) is 0.459. The highest BCUT2D eigenvalue weighted by molar-refractivity contribution is 5.69. The van der Waals surface area contributed by atoms with Gasteiger partial charge in [0.2, 0.25) is 0 Å². The maximum Gasteiger partial charge on any atom is 0.410 e. The third-order valence-corrected chi connectivity index (χ3v) is 4.64. The minimum Gasteiger partial charge on any atom is -0.450 e. The highest BCUT2D eigenvalue weighted by atomic mass is 16.7. The molecule has 0 radical (unpaired) electrons. The number of nitro benzene ring substituents is 1. The first-order chi connectivity index (χ1) is 11.9. The summed E-state index contributed by atoms with van der Waals surface area (Å²) >= 11 is 0. The Balaban J connectivity index is 2.53. The average Bonchev–Trinajstić information content (AvgIpc) is 2.61. The summed E-state index contributed by atoms with van der Waals surface area (Å²) in [6, 6.07) is 5.53. The van der Waals surface area contributed by atoms with Crippen molar-refractivity contribution in [3.63, 3.8) is 0 Å². The number of hydrogen-bond acceptors (Lipinski definition) is 6. The van der Waals surface area contributed by atoms with Crippen molar-refractivity contribution in [2.24, 2.45) is 0 Å². The Morgan fingerprint density at radius 1 is 1.32 bits per heavy atom. The Morgan fingerprint density at radius 3 is 2.52 bits per heavy atom. The van der Waals surface area contributed by atoms with Crippen LogP contribution in [0.15, 0.2) is 24.3 Å². The lowest BCUT2D eigenvalue weighted by atomic mass is 9.86. The van der Waals surface area contributed by atoms with Gasteiger partial charge in [0.05, 0.1) is 23.1 Å². The maximum absolute atomic E-state index is 12.5. The Morgan fingerprint density at radius 2 is 1.96 bits per heavy atom. The van der Waals surface area contributed by atoms with Crippen molar-refractivity contribution in [2.75, 3.05) is 20.8 Å². The molecule has 0 unspecified atom stereocenters. The molecule has 0 N–H and O–H groups in total. The van der Waals surface area contributed by atoms with Crippen LogP contribution in [0.1, 0.15) is 38.3 Å². The van der Waals surface area contributed by atoms with E-state index in [1.807, 2.05) is 6.92 Å². The van der Waals surface area contributed by atoms with E-state index in [2.05, 4.69) is 0 Å². The molecule has 2 rings (SSSR count). The summed E-state index contributed by atoms with van der Waals surface area (Å²) in [4.78, 5) is 25.1. The lowest BCUT2D eigenvalue weighted by Gasteiger charge is -2.47. The fourth-order valence-corrected chi connectivity index (χ4v) is 3.45. The number of methoxy groups -OCH3 is 2. The number of hydrogen-bond donors (Lipinski definition) is 0. The molecule has 1 aliphatic heterocycles. The van der Waals surface area contributed by atoms with Crippen LogP contribution in [-0.2, 0) is 14.2 Å². The van der Waals surface area contributed by atoms with Gasteiger partial charge in [0.25, 0.3) is 5.69 Å². The van der Waals surface area contributed by atoms with Gasteiger partial charge in [0, 0.05) is 39.2 Å². The standard InChI is InChI=1S/C17H24N2O6/c1-5-25-16(20)18-12(2)10-17(23-3,24-4)11-15(18)13-8-6-7-9-14(13)19(21)22/h6-9,12,15H,5,10-11H2,1-4H3/t12-,15+/m0/s1. The minimum atomic E-state index is -0.920. The number of carbonyl (C=O) groups is 1. The van der Waals surface area contributed by atoms with Gasteiger partial charge in [0.1, 0.15) is 0 Å². The number of carbonyl (C=O) groups excluding carboxylic acids is 1. The zero-order chi connectivity index (χ0) is 18.6. The van der Waals surface area contributed by atoms with Gasteiger partial charge >= 0.3 is 6.09 Å². The van der Waals surface area contributed by atoms with Crippen molar-refractivity contribution >= 4 is 11.8 Å². The first-order valence-corrected chi connectivity index (χ1v) is 8.17. The van der Waals surface area contributed by atoms with E-state index in [4.69, 9.17) is 14.2 Å². The molecule has 1 aromatic carbocycles. The van der Waals surface area contributed by atoms with Gasteiger partial charge in [0.15, 0.2) is 5.79 Å². The van der Waals surface area contributed by atoms with E-state index in [0.29, 0.717) is 12.0 Å². The van der Waals surface area contributed by atoms with Crippen LogP contribution in [0, 0.1) is 10.1 Å². The molecule has 0 spiro atoms. The molecule has 1 saturated heterocycles. The van der Waals surface area contributed by atoms with Crippen molar-refractivity contribution in [2.45, 2.75) is 44.6 Å². The number of nitro groups is 1. The third kappa shape index (κ3) is 3.74. The molecule has 1 aliphatic rings. The fraction of sp³-hybridized carbons (Fsp3) is 0.588. The van der Waals surface area contributed by atoms with Gasteiger partial charge in [-0.25, -0.2) is 4.79 Å². The Labute approximate surface area is 146 Å². The molecule has 1 heterocycles. The predicted molar refractivity (Wildman–Crippen MR) is 90.1 cm³/mol. The van der Waals surface area contributed by atoms with Crippen molar-refractivity contribution in [3.05, 3.63) is 39.9 Å². The highest BCUT2D eigenvalue weighted by Crippen LogP contribution is 2.44. The monoisotopic (exact) mass is 352 g/mol. The molecule has 1 amide bonds. The summed E-state index contributed by atoms with van der Waals surface area (Å²) < 4.78 is 16.3. The fourth-order valence-electron chi connectivity index (χ4n) is 3.45. The molecule has 8 heteroatoms. The van der Waals surface area contributed by atoms with Crippen LogP contribution in [0.2, 0.25) is 0 Å². The summed E-state index contributed by atoms with van der Waals surface area (Å²) in [7, 11) is 3.07. The summed E-state index contributed by atoms with van der Waals surface area (Å²) in [6.45, 7) is 3.80. The van der Waals surface area contributed by atoms with Crippen LogP contribution in [0.4, 0.5) is 10.5 Å². The lowest BCUT2D eigenvalue weighted by molar-refractivity contribution is -0.386. The number of para-hydroxylation sites is 1. The molecule has 138 valence electrons. The summed E-state index contributed by atoms with van der Waals surface area (Å²) in [5, 5.41) is 11.5. The molecular weight excluding hydrogens is 328 g/mol. The zero-order valence-electron chi connectivity index (χ0n) is 14.9. The lowest BCUT2D eigenvalue weighted by Crippen LogP contribution is -2.54. The SMILES string of the molecule is CCOC(=O)N1[C@@H](c2ccccc2[N+](=O)[O-])CC(OC)(OC)C[C@@H]1C. The first-order valence-electron chi connectivity index (χ1n) is 8.17. The van der Waals surface area contributed by atoms with Crippen molar-refractivity contribution in [1.82, 2.24) is 4.90 Å². The van der Waals surface area contributed by atoms with Crippen LogP contribution in [0.5, 0.6) is 0 Å². The molecule has 0 aliphatic carbocycles. The van der Waals surface area contributed by atoms with Gasteiger partial charge in [-0.3, -0.25) is 15.0 Å². The second-order valence-electron chi connectivity index (χ2n) is 6.01. The number of benzene rings is 1. The Hall–Kier alpha value is -2.19. The number of likely N-dealkylation sites (tertiary alicyclic amines) is 1. The molecule has 0 bridgehead atoms. The van der Waals surface area contributed by atoms with E-state index >= 15 is 0 Å². The van der Waals surface area contributed by atoms with Crippen LogP contribution in [-0.4, -0.2) is 48.6 Å². The van der Waals surface area contributed by atoms with Crippen molar-refractivity contribution in [1.29, 1.82) is 0 Å². The number of nitrogens with zero attached hydrogens (tertiary/aromatic N) is 2. The van der Waals surface area contributed by atoms with Gasteiger partial charge in [-0.2, -0.15) is 0 Å². The van der Waals surface area contributed by atoms with Crippen molar-refractivity contribution in [3.8, 4) is 0 Å². The van der Waals surface area contributed by atoms with E-state index in [1.54, 1.807) is 30.0 Å². The van der Waals surface area contributed by atoms with Crippen LogP contribution < -0.4 is 0 Å². The predicted octanol–water partition coefficient (Wildman–Crippen LogP) is 3.27. The van der Waals surface area contributed by atoms with E-state index in [-0.39, 0.29) is 24.8 Å². The maximum atomic E-state index is 12.5. The minimum absolute atomic E-state index is 0.0444. The van der Waals surface area contributed by atoms with Crippen LogP contribution in [0.25, 0.3) is 0 Å². The summed E-state index contributed by atoms with van der Waals surface area (Å²) in [5.41, 5.74) is 0.391. The van der Waals surface area contributed by atoms with Gasteiger partial charge in [-0.15, -0.1) is 0 Å². The number of ether oxygens (including phenoxy) is 3. The van der Waals surface area contributed by atoms with E-state index < -0.39 is 22.8 Å². The molecule has 25 heavy (non-hydrogen) atoms. The van der Waals surface area contributed by atoms with Gasteiger partial charge in [-0.05, 0) is 13.8 Å². The van der Waals surface area contributed by atoms with Gasteiger partial charge < -0.3 is 14.2 Å². The normalized spacial score (nSPS) is 22.5. The summed E-state index contributed by atoms with van der Waals surface area (Å²) in [5.74, 6) is -0.920. The topological polar surface area (TPSA) is 91.1 Å². The third-order valence-electron chi connectivity index (χ3n) is 4.64. The molecular formula is C17H24N2O6. The van der Waals surface area contributed by atoms with Crippen LogP contribution >= 0.6 is 0 Å². The second kappa shape index (κ2) is 7.79. The van der Waals surface area contributed by atoms with Gasteiger partial charge in [-0.1, -0.05) is 18.2 Å². The van der Waals surface area contributed by atoms with E-state index in [0.717, 1.165) is 0 Å². The van der Waals surface area contributed by atoms with E-state index in [9.17, 15) is 14.9 Å². The molecule has 8 nitrogen and oxygen atoms in total. The molecule has 1 aromatic rings. The van der Waals surface area contributed by atoms with E-state index in [1.165, 1.54) is 20.3 Å². The second-order valence-corrected chi connectivity index (χ2v) is 6.01. The smallest absolute Gasteiger partial charge is 0.410 e. The zero-order valence-corrected chi connectivity index (χ0v) is 14.9. The average molecular weight is 352 g/mol. The van der Waals surface area contributed by atoms with Crippen LogP contribution in [0.3, 0.4) is 0 Å². The highest BCUT2D eigenvalue weighted by Gasteiger charge is 2.48. The Kier molecular flexibility index (Phi) is 5.97. The molecule has 1 fully saturated rings. The molecule has 2 atom stereocenters. The largest absolute Gasteiger partial charge is 0.450 e. The van der Waals surface area contributed by atoms with Crippen molar-refractivity contribution < 1.29 is 23.9 Å².